The third-order valence-corrected chi connectivity index (χ3v) is 5.41. The van der Waals surface area contributed by atoms with Crippen molar-refractivity contribution in [2.75, 3.05) is 13.2 Å². The van der Waals surface area contributed by atoms with Crippen LogP contribution in [-0.4, -0.2) is 25.2 Å². The smallest absolute Gasteiger partial charge is 0.319 e. The molecule has 3 heterocycles. The average molecular weight is 385 g/mol. The molecule has 140 valence electrons. The van der Waals surface area contributed by atoms with Crippen molar-refractivity contribution in [1.82, 2.24) is 16.0 Å². The zero-order chi connectivity index (χ0) is 18.8. The van der Waals surface area contributed by atoms with Crippen LogP contribution in [0.15, 0.2) is 47.0 Å². The first-order valence-corrected chi connectivity index (χ1v) is 9.49. The van der Waals surface area contributed by atoms with Gasteiger partial charge in [0.05, 0.1) is 10.5 Å². The second-order valence-electron chi connectivity index (χ2n) is 6.23. The molecule has 0 saturated heterocycles. The molecule has 0 fully saturated rings. The number of nitrogens with one attached hydrogen (secondary N) is 3. The second-order valence-corrected chi connectivity index (χ2v) is 7.14. The maximum absolute atomic E-state index is 12.9. The Balaban J connectivity index is 1.61. The van der Waals surface area contributed by atoms with Crippen LogP contribution in [0.2, 0.25) is 0 Å². The molecular weight excluding hydrogens is 366 g/mol. The number of hydrogen-bond acceptors (Lipinski definition) is 5. The van der Waals surface area contributed by atoms with Gasteiger partial charge in [0.1, 0.15) is 19.3 Å². The molecule has 3 N–H and O–H groups in total. The van der Waals surface area contributed by atoms with Gasteiger partial charge in [-0.15, -0.1) is 11.3 Å². The number of allylic oxidation sites excluding steroid dienone is 1. The Morgan fingerprint density at radius 3 is 2.85 bits per heavy atom. The summed E-state index contributed by atoms with van der Waals surface area (Å²) in [6.45, 7) is 3.05. The van der Waals surface area contributed by atoms with Crippen molar-refractivity contribution in [2.45, 2.75) is 19.5 Å². The molecule has 3 amide bonds. The van der Waals surface area contributed by atoms with Crippen LogP contribution in [0, 0.1) is 0 Å². The number of hydrogen-bond donors (Lipinski definition) is 3. The first-order valence-electron chi connectivity index (χ1n) is 8.61. The van der Waals surface area contributed by atoms with Gasteiger partial charge >= 0.3 is 6.03 Å². The number of carbonyl (C=O) groups is 2. The van der Waals surface area contributed by atoms with E-state index in [1.807, 2.05) is 35.7 Å². The Morgan fingerprint density at radius 1 is 1.26 bits per heavy atom. The molecule has 4 rings (SSSR count). The van der Waals surface area contributed by atoms with Crippen LogP contribution in [0.5, 0.6) is 11.5 Å². The molecule has 0 spiro atoms. The first-order chi connectivity index (χ1) is 13.1. The lowest BCUT2D eigenvalue weighted by Gasteiger charge is -2.29. The van der Waals surface area contributed by atoms with Gasteiger partial charge in [0.2, 0.25) is 0 Å². The standard InChI is InChI=1S/C19H19N3O4S/c1-11-14(18(23)20-9-12-5-3-2-4-6-12)15(22-19(24)21-11)17-16-13(10-27-17)25-7-8-26-16/h2-6,10,15H,7-9H2,1H3,(H,20,23)(H2,21,22,24). The summed E-state index contributed by atoms with van der Waals surface area (Å²) in [4.78, 5) is 25.7. The highest BCUT2D eigenvalue weighted by Crippen LogP contribution is 2.45. The Bertz CT molecular complexity index is 907. The van der Waals surface area contributed by atoms with Gasteiger partial charge < -0.3 is 25.4 Å². The quantitative estimate of drug-likeness (QED) is 0.754. The fraction of sp³-hybridized carbons (Fsp3) is 0.263. The lowest BCUT2D eigenvalue weighted by molar-refractivity contribution is -0.118. The number of fused-ring (bicyclic) bond motifs is 1. The average Bonchev–Trinajstić information content (AvgIpc) is 3.10. The van der Waals surface area contributed by atoms with Gasteiger partial charge in [-0.1, -0.05) is 30.3 Å². The number of ether oxygens (including phenoxy) is 2. The van der Waals surface area contributed by atoms with Gasteiger partial charge in [0.25, 0.3) is 5.91 Å². The van der Waals surface area contributed by atoms with Crippen molar-refractivity contribution in [2.24, 2.45) is 0 Å². The molecule has 0 saturated carbocycles. The molecular formula is C19H19N3O4S. The van der Waals surface area contributed by atoms with E-state index in [9.17, 15) is 9.59 Å². The molecule has 8 heteroatoms. The molecule has 0 radical (unpaired) electrons. The molecule has 1 aromatic carbocycles. The summed E-state index contributed by atoms with van der Waals surface area (Å²) in [7, 11) is 0. The fourth-order valence-corrected chi connectivity index (χ4v) is 4.14. The van der Waals surface area contributed by atoms with Crippen molar-refractivity contribution in [3.05, 3.63) is 57.4 Å². The number of benzene rings is 1. The van der Waals surface area contributed by atoms with Crippen molar-refractivity contribution in [3.8, 4) is 11.5 Å². The van der Waals surface area contributed by atoms with Crippen LogP contribution in [0.25, 0.3) is 0 Å². The maximum Gasteiger partial charge on any atom is 0.319 e. The van der Waals surface area contributed by atoms with E-state index in [1.165, 1.54) is 11.3 Å². The van der Waals surface area contributed by atoms with E-state index in [1.54, 1.807) is 6.92 Å². The first kappa shape index (κ1) is 17.4. The molecule has 0 bridgehead atoms. The predicted molar refractivity (Wildman–Crippen MR) is 101 cm³/mol. The highest BCUT2D eigenvalue weighted by atomic mass is 32.1. The molecule has 2 aromatic rings. The van der Waals surface area contributed by atoms with Gasteiger partial charge in [-0.3, -0.25) is 4.79 Å². The van der Waals surface area contributed by atoms with Gasteiger partial charge in [0.15, 0.2) is 11.5 Å². The van der Waals surface area contributed by atoms with E-state index in [0.29, 0.717) is 42.5 Å². The van der Waals surface area contributed by atoms with Gasteiger partial charge in [-0.25, -0.2) is 4.79 Å². The van der Waals surface area contributed by atoms with Crippen molar-refractivity contribution >= 4 is 23.3 Å². The fourth-order valence-electron chi connectivity index (χ4n) is 3.15. The summed E-state index contributed by atoms with van der Waals surface area (Å²) in [6.07, 6.45) is 0. The van der Waals surface area contributed by atoms with Gasteiger partial charge in [-0.05, 0) is 12.5 Å². The molecule has 1 aromatic heterocycles. The Morgan fingerprint density at radius 2 is 2.04 bits per heavy atom. The summed E-state index contributed by atoms with van der Waals surface area (Å²) in [5.74, 6) is 1.00. The lowest BCUT2D eigenvalue weighted by atomic mass is 10.00. The zero-order valence-electron chi connectivity index (χ0n) is 14.7. The van der Waals surface area contributed by atoms with Crippen LogP contribution in [0.1, 0.15) is 23.4 Å². The molecule has 2 aliphatic heterocycles. The van der Waals surface area contributed by atoms with Gasteiger partial charge in [-0.2, -0.15) is 0 Å². The molecule has 27 heavy (non-hydrogen) atoms. The highest BCUT2D eigenvalue weighted by molar-refractivity contribution is 7.10. The van der Waals surface area contributed by atoms with Crippen LogP contribution >= 0.6 is 11.3 Å². The summed E-state index contributed by atoms with van der Waals surface area (Å²) in [5.41, 5.74) is 1.98. The van der Waals surface area contributed by atoms with E-state index in [-0.39, 0.29) is 11.9 Å². The van der Waals surface area contributed by atoms with Crippen molar-refractivity contribution < 1.29 is 19.1 Å². The molecule has 1 atom stereocenters. The third kappa shape index (κ3) is 3.48. The van der Waals surface area contributed by atoms with Crippen LogP contribution in [-0.2, 0) is 11.3 Å². The SMILES string of the molecule is CC1=C(C(=O)NCc2ccccc2)C(c2scc3c2OCCO3)NC(=O)N1. The minimum absolute atomic E-state index is 0.243. The van der Waals surface area contributed by atoms with Crippen molar-refractivity contribution in [1.29, 1.82) is 0 Å². The number of urea groups is 1. The molecule has 2 aliphatic rings. The van der Waals surface area contributed by atoms with Crippen molar-refractivity contribution in [3.63, 3.8) is 0 Å². The minimum Gasteiger partial charge on any atom is -0.485 e. The molecule has 7 nitrogen and oxygen atoms in total. The maximum atomic E-state index is 12.9. The summed E-state index contributed by atoms with van der Waals surface area (Å²) < 4.78 is 11.3. The molecule has 1 unspecified atom stereocenters. The van der Waals surface area contributed by atoms with E-state index in [0.717, 1.165) is 10.4 Å². The lowest BCUT2D eigenvalue weighted by Crippen LogP contribution is -2.46. The van der Waals surface area contributed by atoms with Crippen LogP contribution in [0.4, 0.5) is 4.79 Å². The molecule has 0 aliphatic carbocycles. The number of rotatable bonds is 4. The predicted octanol–water partition coefficient (Wildman–Crippen LogP) is 2.46. The summed E-state index contributed by atoms with van der Waals surface area (Å²) >= 11 is 1.40. The highest BCUT2D eigenvalue weighted by Gasteiger charge is 2.35. The number of amides is 3. The Labute approximate surface area is 160 Å². The van der Waals surface area contributed by atoms with Gasteiger partial charge in [0, 0.05) is 17.6 Å². The zero-order valence-corrected chi connectivity index (χ0v) is 15.5. The largest absolute Gasteiger partial charge is 0.485 e. The Hall–Kier alpha value is -3.00. The number of carbonyl (C=O) groups excluding carboxylic acids is 2. The minimum atomic E-state index is -0.593. The Kier molecular flexibility index (Phi) is 4.72. The van der Waals surface area contributed by atoms with Crippen LogP contribution < -0.4 is 25.4 Å². The normalized spacial score (nSPS) is 18.6. The summed E-state index contributed by atoms with van der Waals surface area (Å²) in [6, 6.07) is 8.72. The van der Waals surface area contributed by atoms with E-state index < -0.39 is 6.04 Å². The van der Waals surface area contributed by atoms with E-state index in [4.69, 9.17) is 9.47 Å². The monoisotopic (exact) mass is 385 g/mol. The van der Waals surface area contributed by atoms with E-state index in [2.05, 4.69) is 16.0 Å². The number of thiophene rings is 1. The third-order valence-electron chi connectivity index (χ3n) is 4.40. The van der Waals surface area contributed by atoms with Crippen LogP contribution in [0.3, 0.4) is 0 Å². The second kappa shape index (κ2) is 7.32. The summed E-state index contributed by atoms with van der Waals surface area (Å²) in [5, 5.41) is 10.3. The van der Waals surface area contributed by atoms with E-state index >= 15 is 0 Å². The topological polar surface area (TPSA) is 88.7 Å².